The third-order valence-corrected chi connectivity index (χ3v) is 4.03. The van der Waals surface area contributed by atoms with Crippen LogP contribution in [0.4, 0.5) is 4.39 Å². The third kappa shape index (κ3) is 3.43. The summed E-state index contributed by atoms with van der Waals surface area (Å²) in [5.41, 5.74) is 0.955. The number of hydrogen-bond acceptors (Lipinski definition) is 1. The zero-order valence-corrected chi connectivity index (χ0v) is 10.9. The van der Waals surface area contributed by atoms with E-state index in [0.29, 0.717) is 12.6 Å². The minimum Gasteiger partial charge on any atom is -0.310 e. The van der Waals surface area contributed by atoms with E-state index in [0.717, 1.165) is 11.5 Å². The van der Waals surface area contributed by atoms with E-state index < -0.39 is 0 Å². The van der Waals surface area contributed by atoms with Crippen molar-refractivity contribution in [1.82, 2.24) is 5.32 Å². The minimum atomic E-state index is -0.334. The second-order valence-corrected chi connectivity index (χ2v) is 5.37. The molecular formula is C14H19ClFN. The molecule has 1 nitrogen and oxygen atoms in total. The first-order chi connectivity index (χ1) is 8.16. The van der Waals surface area contributed by atoms with Crippen LogP contribution in [-0.4, -0.2) is 6.04 Å². The molecule has 0 aliphatic heterocycles. The van der Waals surface area contributed by atoms with Gasteiger partial charge in [0.25, 0.3) is 0 Å². The molecule has 0 aromatic heterocycles. The second kappa shape index (κ2) is 5.83. The number of rotatable bonds is 4. The summed E-state index contributed by atoms with van der Waals surface area (Å²) < 4.78 is 13.2. The smallest absolute Gasteiger partial charge is 0.142 e. The lowest BCUT2D eigenvalue weighted by molar-refractivity contribution is 0.380. The van der Waals surface area contributed by atoms with Gasteiger partial charge in [-0.3, -0.25) is 0 Å². The van der Waals surface area contributed by atoms with Crippen LogP contribution in [0.1, 0.15) is 38.2 Å². The highest BCUT2D eigenvalue weighted by atomic mass is 35.5. The van der Waals surface area contributed by atoms with Crippen LogP contribution in [0.15, 0.2) is 18.2 Å². The molecular weight excluding hydrogens is 237 g/mol. The monoisotopic (exact) mass is 255 g/mol. The molecule has 1 saturated carbocycles. The van der Waals surface area contributed by atoms with E-state index in [2.05, 4.69) is 12.2 Å². The summed E-state index contributed by atoms with van der Waals surface area (Å²) in [5.74, 6) is 0.451. The second-order valence-electron chi connectivity index (χ2n) is 4.96. The van der Waals surface area contributed by atoms with Crippen LogP contribution in [-0.2, 0) is 6.54 Å². The van der Waals surface area contributed by atoms with Gasteiger partial charge < -0.3 is 5.32 Å². The quantitative estimate of drug-likeness (QED) is 0.852. The highest BCUT2D eigenvalue weighted by Crippen LogP contribution is 2.27. The molecule has 0 spiro atoms. The molecule has 2 rings (SSSR count). The van der Waals surface area contributed by atoms with Gasteiger partial charge >= 0.3 is 0 Å². The lowest BCUT2D eigenvalue weighted by atomic mass is 9.99. The Morgan fingerprint density at radius 3 is 2.76 bits per heavy atom. The molecule has 17 heavy (non-hydrogen) atoms. The number of nitrogens with one attached hydrogen (secondary N) is 1. The van der Waals surface area contributed by atoms with Crippen molar-refractivity contribution < 1.29 is 4.39 Å². The Morgan fingerprint density at radius 2 is 2.12 bits per heavy atom. The number of hydrogen-bond donors (Lipinski definition) is 1. The van der Waals surface area contributed by atoms with Crippen LogP contribution >= 0.6 is 11.6 Å². The lowest BCUT2D eigenvalue weighted by Crippen LogP contribution is -2.31. The first kappa shape index (κ1) is 12.8. The van der Waals surface area contributed by atoms with Gasteiger partial charge in [0.15, 0.2) is 0 Å². The first-order valence-corrected chi connectivity index (χ1v) is 6.72. The maximum atomic E-state index is 13.2. The van der Waals surface area contributed by atoms with Gasteiger partial charge in [0.1, 0.15) is 5.82 Å². The van der Waals surface area contributed by atoms with Crippen LogP contribution in [0.5, 0.6) is 0 Å². The van der Waals surface area contributed by atoms with Gasteiger partial charge in [0.2, 0.25) is 0 Å². The lowest BCUT2D eigenvalue weighted by Gasteiger charge is -2.20. The van der Waals surface area contributed by atoms with E-state index >= 15 is 0 Å². The van der Waals surface area contributed by atoms with Crippen molar-refractivity contribution in [2.24, 2.45) is 5.92 Å². The number of halogens is 2. The van der Waals surface area contributed by atoms with E-state index in [1.807, 2.05) is 6.07 Å². The Morgan fingerprint density at radius 1 is 1.41 bits per heavy atom. The molecule has 0 unspecified atom stereocenters. The van der Waals surface area contributed by atoms with Crippen LogP contribution < -0.4 is 5.32 Å². The normalized spacial score (nSPS) is 18.5. The molecule has 1 N–H and O–H groups in total. The molecule has 3 heteroatoms. The molecule has 1 aliphatic rings. The van der Waals surface area contributed by atoms with Gasteiger partial charge in [0, 0.05) is 12.6 Å². The molecule has 94 valence electrons. The van der Waals surface area contributed by atoms with Crippen molar-refractivity contribution in [3.63, 3.8) is 0 Å². The van der Waals surface area contributed by atoms with Crippen LogP contribution in [0, 0.1) is 11.7 Å². The first-order valence-electron chi connectivity index (χ1n) is 6.34. The summed E-state index contributed by atoms with van der Waals surface area (Å²) >= 11 is 5.65. The van der Waals surface area contributed by atoms with Crippen molar-refractivity contribution in [2.45, 2.75) is 45.2 Å². The molecule has 0 heterocycles. The average Bonchev–Trinajstić information content (AvgIpc) is 2.84. The predicted octanol–water partition coefficient (Wildman–Crippen LogP) is 4.15. The summed E-state index contributed by atoms with van der Waals surface area (Å²) in [6.45, 7) is 2.94. The molecule has 0 radical (unpaired) electrons. The van der Waals surface area contributed by atoms with E-state index in [1.54, 1.807) is 6.07 Å². The Labute approximate surface area is 107 Å². The Balaban J connectivity index is 1.86. The van der Waals surface area contributed by atoms with Gasteiger partial charge in [-0.1, -0.05) is 30.5 Å². The van der Waals surface area contributed by atoms with Gasteiger partial charge in [-0.2, -0.15) is 0 Å². The standard InChI is InChI=1S/C14H19ClFN/c1-10(12-4-2-3-5-12)17-9-11-6-7-13(15)14(16)8-11/h6-8,10,12,17H,2-5,9H2,1H3/t10-/m0/s1. The van der Waals surface area contributed by atoms with Crippen molar-refractivity contribution in [3.05, 3.63) is 34.6 Å². The fraction of sp³-hybridized carbons (Fsp3) is 0.571. The molecule has 1 atom stereocenters. The maximum absolute atomic E-state index is 13.2. The molecule has 1 aromatic rings. The molecule has 1 aromatic carbocycles. The third-order valence-electron chi connectivity index (χ3n) is 3.72. The molecule has 0 saturated heterocycles. The van der Waals surface area contributed by atoms with Crippen LogP contribution in [0.25, 0.3) is 0 Å². The minimum absolute atomic E-state index is 0.192. The summed E-state index contributed by atoms with van der Waals surface area (Å²) in [6, 6.07) is 5.51. The zero-order valence-electron chi connectivity index (χ0n) is 10.2. The summed E-state index contributed by atoms with van der Waals surface area (Å²) in [6.07, 6.45) is 5.35. The summed E-state index contributed by atoms with van der Waals surface area (Å²) in [7, 11) is 0. The largest absolute Gasteiger partial charge is 0.310 e. The van der Waals surface area contributed by atoms with Crippen molar-refractivity contribution >= 4 is 11.6 Å². The Hall–Kier alpha value is -0.600. The molecule has 1 aliphatic carbocycles. The predicted molar refractivity (Wildman–Crippen MR) is 69.7 cm³/mol. The van der Waals surface area contributed by atoms with Gasteiger partial charge in [-0.25, -0.2) is 4.39 Å². The SMILES string of the molecule is C[C@H](NCc1ccc(Cl)c(F)c1)C1CCCC1. The highest BCUT2D eigenvalue weighted by molar-refractivity contribution is 6.30. The fourth-order valence-electron chi connectivity index (χ4n) is 2.55. The van der Waals surface area contributed by atoms with Gasteiger partial charge in [-0.05, 0) is 43.4 Å². The highest BCUT2D eigenvalue weighted by Gasteiger charge is 2.20. The van der Waals surface area contributed by atoms with Crippen LogP contribution in [0.2, 0.25) is 5.02 Å². The van der Waals surface area contributed by atoms with Crippen molar-refractivity contribution in [3.8, 4) is 0 Å². The zero-order chi connectivity index (χ0) is 12.3. The van der Waals surface area contributed by atoms with Gasteiger partial charge in [-0.15, -0.1) is 0 Å². The van der Waals surface area contributed by atoms with E-state index in [-0.39, 0.29) is 10.8 Å². The molecule has 0 amide bonds. The summed E-state index contributed by atoms with van der Waals surface area (Å²) in [4.78, 5) is 0. The van der Waals surface area contributed by atoms with Crippen molar-refractivity contribution in [1.29, 1.82) is 0 Å². The van der Waals surface area contributed by atoms with E-state index in [9.17, 15) is 4.39 Å². The molecule has 1 fully saturated rings. The fourth-order valence-corrected chi connectivity index (χ4v) is 2.67. The molecule has 0 bridgehead atoms. The van der Waals surface area contributed by atoms with E-state index in [1.165, 1.54) is 31.7 Å². The average molecular weight is 256 g/mol. The van der Waals surface area contributed by atoms with Crippen molar-refractivity contribution in [2.75, 3.05) is 0 Å². The van der Waals surface area contributed by atoms with Gasteiger partial charge in [0.05, 0.1) is 5.02 Å². The topological polar surface area (TPSA) is 12.0 Å². The Kier molecular flexibility index (Phi) is 4.41. The number of benzene rings is 1. The van der Waals surface area contributed by atoms with Crippen LogP contribution in [0.3, 0.4) is 0 Å². The van der Waals surface area contributed by atoms with E-state index in [4.69, 9.17) is 11.6 Å². The Bertz CT molecular complexity index is 374. The maximum Gasteiger partial charge on any atom is 0.142 e. The summed E-state index contributed by atoms with van der Waals surface area (Å²) in [5, 5.41) is 3.67.